The number of nitrogens with one attached hydrogen (secondary N) is 2. The molecule has 12 nitrogen and oxygen atoms in total. The molecule has 224 valence electrons. The SMILES string of the molecule is O=C1COc2cc(C(=O)O)cc(c2)C(=O)N[C@H]2CN(Cc3cnc(N4CCCCC4)nc3)C[C@@H]2Oc2ccc(cc2)CN1. The molecule has 7 rings (SSSR count). The number of anilines is 1. The van der Waals surface area contributed by atoms with Crippen LogP contribution >= 0.6 is 0 Å². The Bertz CT molecular complexity index is 1480. The van der Waals surface area contributed by atoms with E-state index in [-0.39, 0.29) is 35.5 Å². The summed E-state index contributed by atoms with van der Waals surface area (Å²) in [5.41, 5.74) is 1.84. The van der Waals surface area contributed by atoms with E-state index < -0.39 is 17.9 Å². The number of carboxylic acid groups (broad SMARTS) is 1. The molecule has 4 aliphatic heterocycles. The molecular weight excluding hydrogens is 552 g/mol. The van der Waals surface area contributed by atoms with E-state index in [1.165, 1.54) is 24.6 Å². The molecule has 0 unspecified atom stereocenters. The van der Waals surface area contributed by atoms with Crippen molar-refractivity contribution < 1.29 is 29.0 Å². The van der Waals surface area contributed by atoms with Crippen molar-refractivity contribution in [2.45, 2.75) is 44.5 Å². The highest BCUT2D eigenvalue weighted by molar-refractivity contribution is 5.98. The third kappa shape index (κ3) is 7.03. The molecule has 43 heavy (non-hydrogen) atoms. The number of ether oxygens (including phenoxy) is 2. The van der Waals surface area contributed by atoms with Crippen LogP contribution in [0, 0.1) is 0 Å². The zero-order chi connectivity index (χ0) is 29.8. The summed E-state index contributed by atoms with van der Waals surface area (Å²) in [7, 11) is 0. The van der Waals surface area contributed by atoms with Crippen molar-refractivity contribution in [1.82, 2.24) is 25.5 Å². The standard InChI is InChI=1S/C31H34N6O6/c38-28-19-42-25-11-22(10-23(12-25)30(40)41)29(39)35-26-17-36(18-27(26)43-24-6-4-20(5-7-24)13-32-28)16-21-14-33-31(34-15-21)37-8-2-1-3-9-37/h4-7,10-12,14-15,26-27H,1-3,8-9,13,16-19H2,(H,32,38)(H,35,39)(H,40,41)/t26-,27-/m0/s1. The molecule has 2 amide bonds. The maximum absolute atomic E-state index is 13.4. The van der Waals surface area contributed by atoms with E-state index in [2.05, 4.69) is 30.4 Å². The molecule has 3 N–H and O–H groups in total. The quantitative estimate of drug-likeness (QED) is 0.416. The zero-order valence-electron chi connectivity index (χ0n) is 23.7. The van der Waals surface area contributed by atoms with E-state index in [0.717, 1.165) is 43.0 Å². The van der Waals surface area contributed by atoms with Gasteiger partial charge in [-0.3, -0.25) is 14.5 Å². The van der Waals surface area contributed by atoms with Crippen LogP contribution < -0.4 is 25.0 Å². The number of likely N-dealkylation sites (tertiary alicyclic amines) is 1. The molecule has 2 fully saturated rings. The average Bonchev–Trinajstić information content (AvgIpc) is 3.39. The van der Waals surface area contributed by atoms with Crippen molar-refractivity contribution in [3.63, 3.8) is 0 Å². The van der Waals surface area contributed by atoms with Crippen molar-refractivity contribution in [2.24, 2.45) is 0 Å². The summed E-state index contributed by atoms with van der Waals surface area (Å²) < 4.78 is 11.9. The molecule has 12 heteroatoms. The number of nitrogens with zero attached hydrogens (tertiary/aromatic N) is 4. The Morgan fingerprint density at radius 2 is 1.74 bits per heavy atom. The highest BCUT2D eigenvalue weighted by atomic mass is 16.5. The molecule has 0 saturated carbocycles. The fourth-order valence-electron chi connectivity index (χ4n) is 5.63. The molecule has 2 atom stereocenters. The van der Waals surface area contributed by atoms with Gasteiger partial charge < -0.3 is 30.1 Å². The number of benzene rings is 2. The van der Waals surface area contributed by atoms with Gasteiger partial charge in [-0.15, -0.1) is 0 Å². The lowest BCUT2D eigenvalue weighted by Gasteiger charge is -2.26. The van der Waals surface area contributed by atoms with Gasteiger partial charge in [-0.1, -0.05) is 12.1 Å². The topological polar surface area (TPSA) is 146 Å². The van der Waals surface area contributed by atoms with Gasteiger partial charge in [-0.25, -0.2) is 14.8 Å². The minimum Gasteiger partial charge on any atom is -0.487 e. The molecule has 3 aromatic rings. The number of amides is 2. The van der Waals surface area contributed by atoms with Gasteiger partial charge >= 0.3 is 5.97 Å². The number of piperidine rings is 1. The highest BCUT2D eigenvalue weighted by Crippen LogP contribution is 2.24. The van der Waals surface area contributed by atoms with E-state index >= 15 is 0 Å². The van der Waals surface area contributed by atoms with Crippen LogP contribution in [0.5, 0.6) is 11.5 Å². The van der Waals surface area contributed by atoms with Gasteiger partial charge in [0, 0.05) is 62.8 Å². The van der Waals surface area contributed by atoms with Crippen LogP contribution in [-0.2, 0) is 17.9 Å². The second-order valence-corrected chi connectivity index (χ2v) is 11.1. The van der Waals surface area contributed by atoms with Gasteiger partial charge in [0.1, 0.15) is 17.6 Å². The smallest absolute Gasteiger partial charge is 0.335 e. The lowest BCUT2D eigenvalue weighted by atomic mass is 10.1. The van der Waals surface area contributed by atoms with E-state index in [9.17, 15) is 19.5 Å². The summed E-state index contributed by atoms with van der Waals surface area (Å²) in [4.78, 5) is 51.2. The number of rotatable bonds is 4. The minimum atomic E-state index is -1.21. The molecular formula is C31H34N6O6. The summed E-state index contributed by atoms with van der Waals surface area (Å²) in [5, 5.41) is 15.4. The second-order valence-electron chi connectivity index (χ2n) is 11.1. The first-order chi connectivity index (χ1) is 20.9. The van der Waals surface area contributed by atoms with Gasteiger partial charge in [-0.2, -0.15) is 0 Å². The largest absolute Gasteiger partial charge is 0.487 e. The van der Waals surface area contributed by atoms with Gasteiger partial charge in [0.05, 0.1) is 11.6 Å². The first-order valence-corrected chi connectivity index (χ1v) is 14.5. The number of hydrogen-bond donors (Lipinski definition) is 3. The lowest BCUT2D eigenvalue weighted by molar-refractivity contribution is -0.123. The molecule has 4 bridgehead atoms. The number of aromatic carboxylic acids is 1. The second kappa shape index (κ2) is 12.7. The van der Waals surface area contributed by atoms with Crippen molar-refractivity contribution in [3.05, 3.63) is 77.1 Å². The van der Waals surface area contributed by atoms with Crippen LogP contribution in [0.3, 0.4) is 0 Å². The van der Waals surface area contributed by atoms with Crippen molar-refractivity contribution >= 4 is 23.7 Å². The molecule has 4 aliphatic rings. The van der Waals surface area contributed by atoms with Gasteiger partial charge in [0.25, 0.3) is 11.8 Å². The molecule has 0 spiro atoms. The third-order valence-electron chi connectivity index (χ3n) is 7.88. The summed E-state index contributed by atoms with van der Waals surface area (Å²) in [5.74, 6) is -0.547. The third-order valence-corrected chi connectivity index (χ3v) is 7.88. The number of fused-ring (bicyclic) bond motifs is 7. The van der Waals surface area contributed by atoms with Crippen LogP contribution in [0.1, 0.15) is 51.1 Å². The number of hydrogen-bond acceptors (Lipinski definition) is 9. The molecule has 0 radical (unpaired) electrons. The maximum atomic E-state index is 13.4. The fraction of sp³-hybridized carbons (Fsp3) is 0.387. The minimum absolute atomic E-state index is 0.113. The summed E-state index contributed by atoms with van der Waals surface area (Å²) in [6.07, 6.45) is 6.89. The number of carbonyl (C=O) groups excluding carboxylic acids is 2. The van der Waals surface area contributed by atoms with E-state index in [1.54, 1.807) is 0 Å². The van der Waals surface area contributed by atoms with Crippen LogP contribution in [0.2, 0.25) is 0 Å². The Hall–Kier alpha value is -4.71. The summed E-state index contributed by atoms with van der Waals surface area (Å²) >= 11 is 0. The first kappa shape index (κ1) is 28.4. The van der Waals surface area contributed by atoms with Crippen LogP contribution in [0.25, 0.3) is 0 Å². The molecule has 0 aliphatic carbocycles. The summed E-state index contributed by atoms with van der Waals surface area (Å²) in [6, 6.07) is 11.1. The predicted molar refractivity (Wildman–Crippen MR) is 156 cm³/mol. The van der Waals surface area contributed by atoms with Gasteiger partial charge in [0.2, 0.25) is 5.95 Å². The molecule has 1 aromatic heterocycles. The monoisotopic (exact) mass is 586 g/mol. The fourth-order valence-corrected chi connectivity index (χ4v) is 5.63. The summed E-state index contributed by atoms with van der Waals surface area (Å²) in [6.45, 7) is 3.55. The van der Waals surface area contributed by atoms with Crippen molar-refractivity contribution in [3.8, 4) is 11.5 Å². The van der Waals surface area contributed by atoms with Crippen molar-refractivity contribution in [2.75, 3.05) is 37.7 Å². The Morgan fingerprint density at radius 1 is 0.977 bits per heavy atom. The lowest BCUT2D eigenvalue weighted by Crippen LogP contribution is -2.45. The van der Waals surface area contributed by atoms with E-state index in [1.807, 2.05) is 36.7 Å². The number of carbonyl (C=O) groups is 3. The first-order valence-electron chi connectivity index (χ1n) is 14.5. The zero-order valence-corrected chi connectivity index (χ0v) is 23.7. The van der Waals surface area contributed by atoms with Crippen molar-refractivity contribution in [1.29, 1.82) is 0 Å². The van der Waals surface area contributed by atoms with Gasteiger partial charge in [0.15, 0.2) is 6.61 Å². The average molecular weight is 587 g/mol. The Balaban J connectivity index is 1.23. The van der Waals surface area contributed by atoms with Gasteiger partial charge in [-0.05, 0) is 55.2 Å². The predicted octanol–water partition coefficient (Wildman–Crippen LogP) is 2.24. The van der Waals surface area contributed by atoms with E-state index in [4.69, 9.17) is 9.47 Å². The number of aromatic nitrogens is 2. The number of carboxylic acids is 1. The van der Waals surface area contributed by atoms with E-state index in [0.29, 0.717) is 31.9 Å². The van der Waals surface area contributed by atoms with Crippen LogP contribution in [0.4, 0.5) is 5.95 Å². The normalized spacial score (nSPS) is 21.2. The maximum Gasteiger partial charge on any atom is 0.335 e. The Labute approximate surface area is 249 Å². The van der Waals surface area contributed by atoms with Crippen LogP contribution in [0.15, 0.2) is 54.9 Å². The Morgan fingerprint density at radius 3 is 2.49 bits per heavy atom. The van der Waals surface area contributed by atoms with Crippen LogP contribution in [-0.4, -0.2) is 82.7 Å². The molecule has 2 saturated heterocycles. The highest BCUT2D eigenvalue weighted by Gasteiger charge is 2.36. The molecule has 5 heterocycles. The molecule has 2 aromatic carbocycles. The Kier molecular flexibility index (Phi) is 8.36.